The molecule has 4 fully saturated rings. The van der Waals surface area contributed by atoms with Gasteiger partial charge in [-0.2, -0.15) is 0 Å². The molecule has 6 heteroatoms. The highest BCUT2D eigenvalue weighted by molar-refractivity contribution is 6.25. The molecular weight excluding hydrogens is 472 g/mol. The number of rotatable bonds is 2. The number of aliphatic hydroxyl groups excluding tert-OH is 2. The molecule has 2 saturated heterocycles. The van der Waals surface area contributed by atoms with Crippen LogP contribution < -0.4 is 0 Å². The van der Waals surface area contributed by atoms with E-state index in [1.807, 2.05) is 31.3 Å². The van der Waals surface area contributed by atoms with Crippen LogP contribution in [-0.2, 0) is 4.74 Å². The molecule has 5 aliphatic rings. The Balaban J connectivity index is 1.27. The van der Waals surface area contributed by atoms with Gasteiger partial charge in [0, 0.05) is 29.5 Å². The number of nitrogens with zero attached hydrogens (tertiary/aromatic N) is 2. The predicted octanol–water partition coefficient (Wildman–Crippen LogP) is 4.78. The maximum Gasteiger partial charge on any atom is 0.0958 e. The number of aliphatic hydroxyl groups is 2. The van der Waals surface area contributed by atoms with Gasteiger partial charge in [-0.15, -0.1) is 11.6 Å². The van der Waals surface area contributed by atoms with Gasteiger partial charge >= 0.3 is 0 Å². The molecule has 3 aliphatic carbocycles. The SMILES string of the molecule is CN(C)[C@H]1C[C@@]23CC[C@]4(O2)C2CC=C(c5ccc6ncccc6c5)[C@@]2(C)CCC4(Cl)CC3[C@@H](O)[C@@H]1O. The zero-order chi connectivity index (χ0) is 25.1. The van der Waals surface area contributed by atoms with Gasteiger partial charge in [0.25, 0.3) is 0 Å². The van der Waals surface area contributed by atoms with Crippen molar-refractivity contribution in [2.45, 2.75) is 86.2 Å². The van der Waals surface area contributed by atoms with E-state index in [0.717, 1.165) is 50.5 Å². The third-order valence-electron chi connectivity index (χ3n) is 11.1. The normalized spacial score (nSPS) is 47.4. The number of benzene rings is 1. The Kier molecular flexibility index (Phi) is 4.94. The smallest absolute Gasteiger partial charge is 0.0958 e. The summed E-state index contributed by atoms with van der Waals surface area (Å²) in [5, 5.41) is 23.4. The van der Waals surface area contributed by atoms with Gasteiger partial charge in [-0.3, -0.25) is 4.98 Å². The van der Waals surface area contributed by atoms with Crippen molar-refractivity contribution in [1.82, 2.24) is 9.88 Å². The lowest BCUT2D eigenvalue weighted by molar-refractivity contribution is -0.276. The Morgan fingerprint density at radius 1 is 1.06 bits per heavy atom. The second kappa shape index (κ2) is 7.54. The van der Waals surface area contributed by atoms with Crippen LogP contribution in [-0.4, -0.2) is 68.5 Å². The minimum absolute atomic E-state index is 0.0135. The second-order valence-electron chi connectivity index (χ2n) is 12.8. The number of hydrogen-bond acceptors (Lipinski definition) is 5. The fourth-order valence-electron chi connectivity index (χ4n) is 9.25. The highest BCUT2D eigenvalue weighted by Crippen LogP contribution is 2.73. The molecule has 36 heavy (non-hydrogen) atoms. The molecule has 1 aromatic carbocycles. The molecule has 2 aromatic rings. The molecule has 0 radical (unpaired) electrons. The van der Waals surface area contributed by atoms with E-state index < -0.39 is 28.3 Å². The Morgan fingerprint density at radius 3 is 2.69 bits per heavy atom. The number of allylic oxidation sites excluding steroid dienone is 2. The highest BCUT2D eigenvalue weighted by Gasteiger charge is 2.76. The minimum Gasteiger partial charge on any atom is -0.390 e. The Morgan fingerprint density at radius 2 is 1.89 bits per heavy atom. The molecule has 2 spiro atoms. The van der Waals surface area contributed by atoms with Crippen molar-refractivity contribution in [1.29, 1.82) is 0 Å². The molecular formula is C30H37ClN2O3. The van der Waals surface area contributed by atoms with Crippen LogP contribution in [0.3, 0.4) is 0 Å². The topological polar surface area (TPSA) is 65.8 Å². The summed E-state index contributed by atoms with van der Waals surface area (Å²) < 4.78 is 7.34. The lowest BCUT2D eigenvalue weighted by atomic mass is 9.52. The first-order chi connectivity index (χ1) is 17.1. The molecule has 0 amide bonds. The summed E-state index contributed by atoms with van der Waals surface area (Å²) in [4.78, 5) is 6.05. The van der Waals surface area contributed by atoms with Gasteiger partial charge in [0.15, 0.2) is 0 Å². The van der Waals surface area contributed by atoms with E-state index in [4.69, 9.17) is 16.3 Å². The number of alkyl halides is 1. The van der Waals surface area contributed by atoms with E-state index >= 15 is 0 Å². The minimum atomic E-state index is -0.811. The monoisotopic (exact) mass is 508 g/mol. The number of halogens is 1. The van der Waals surface area contributed by atoms with Crippen LogP contribution in [0.1, 0.15) is 57.4 Å². The standard InChI is InChI=1S/C30H37ClN2O3/c1-27-10-12-29(31)16-21-25(34)26(35)23(33(2)3)17-28(21)11-13-30(29,36-28)24(27)9-7-20(27)18-6-8-22-19(15-18)5-4-14-32-22/h4-8,14-15,21,23-26,34-35H,9-13,16-17H2,1-3H3/t21?,23-,24?,25+,26+,27+,28+,29?,30-/m0/s1. The molecule has 2 aliphatic heterocycles. The average molecular weight is 509 g/mol. The fourth-order valence-corrected chi connectivity index (χ4v) is 9.78. The molecule has 9 atom stereocenters. The van der Waals surface area contributed by atoms with Crippen LogP contribution in [0.2, 0.25) is 0 Å². The molecule has 2 N–H and O–H groups in total. The van der Waals surface area contributed by atoms with E-state index in [9.17, 15) is 10.2 Å². The second-order valence-corrected chi connectivity index (χ2v) is 13.5. The number of likely N-dealkylation sites (N-methyl/N-ethyl adjacent to an activating group) is 1. The Bertz CT molecular complexity index is 1270. The van der Waals surface area contributed by atoms with Gasteiger partial charge < -0.3 is 19.8 Å². The summed E-state index contributed by atoms with van der Waals surface area (Å²) in [5.74, 6) is 0.181. The van der Waals surface area contributed by atoms with Gasteiger partial charge in [-0.1, -0.05) is 25.1 Å². The van der Waals surface area contributed by atoms with Crippen LogP contribution in [0.4, 0.5) is 0 Å². The first-order valence-electron chi connectivity index (χ1n) is 13.6. The maximum absolute atomic E-state index is 11.3. The van der Waals surface area contributed by atoms with E-state index in [2.05, 4.69) is 42.2 Å². The van der Waals surface area contributed by atoms with Gasteiger partial charge in [-0.25, -0.2) is 0 Å². The van der Waals surface area contributed by atoms with Gasteiger partial charge in [0.1, 0.15) is 0 Å². The van der Waals surface area contributed by atoms with Crippen molar-refractivity contribution in [3.05, 3.63) is 48.2 Å². The summed E-state index contributed by atoms with van der Waals surface area (Å²) in [6.07, 6.45) is 8.84. The van der Waals surface area contributed by atoms with Gasteiger partial charge in [-0.05, 0) is 93.8 Å². The fraction of sp³-hybridized carbons (Fsp3) is 0.633. The van der Waals surface area contributed by atoms with Crippen LogP contribution >= 0.6 is 11.6 Å². The van der Waals surface area contributed by atoms with Crippen LogP contribution in [0, 0.1) is 17.3 Å². The molecule has 2 saturated carbocycles. The number of fused-ring (bicyclic) bond motifs is 2. The van der Waals surface area contributed by atoms with Gasteiger partial charge in [0.05, 0.1) is 33.8 Å². The molecule has 3 heterocycles. The summed E-state index contributed by atoms with van der Waals surface area (Å²) >= 11 is 7.63. The molecule has 1 aromatic heterocycles. The van der Waals surface area contributed by atoms with Crippen LogP contribution in [0.25, 0.3) is 16.5 Å². The first-order valence-corrected chi connectivity index (χ1v) is 14.0. The van der Waals surface area contributed by atoms with E-state index in [0.29, 0.717) is 5.92 Å². The largest absolute Gasteiger partial charge is 0.390 e. The summed E-state index contributed by atoms with van der Waals surface area (Å²) in [6.45, 7) is 2.43. The van der Waals surface area contributed by atoms with Crippen molar-refractivity contribution in [2.75, 3.05) is 14.1 Å². The van der Waals surface area contributed by atoms with Crippen molar-refractivity contribution in [3.8, 4) is 0 Å². The Labute approximate surface area is 218 Å². The van der Waals surface area contributed by atoms with E-state index in [-0.39, 0.29) is 17.4 Å². The predicted molar refractivity (Wildman–Crippen MR) is 142 cm³/mol. The van der Waals surface area contributed by atoms with Crippen molar-refractivity contribution in [3.63, 3.8) is 0 Å². The van der Waals surface area contributed by atoms with Crippen molar-refractivity contribution >= 4 is 28.1 Å². The number of pyridine rings is 1. The lowest BCUT2D eigenvalue weighted by Gasteiger charge is -2.65. The quantitative estimate of drug-likeness (QED) is 0.571. The number of hydrogen-bond donors (Lipinski definition) is 2. The van der Waals surface area contributed by atoms with Crippen LogP contribution in [0.5, 0.6) is 0 Å². The molecule has 7 rings (SSSR count). The molecule has 2 bridgehead atoms. The molecule has 5 nitrogen and oxygen atoms in total. The van der Waals surface area contributed by atoms with E-state index in [1.165, 1.54) is 16.5 Å². The highest BCUT2D eigenvalue weighted by atomic mass is 35.5. The zero-order valence-electron chi connectivity index (χ0n) is 21.5. The van der Waals surface area contributed by atoms with Crippen molar-refractivity contribution < 1.29 is 14.9 Å². The maximum atomic E-state index is 11.3. The third kappa shape index (κ3) is 2.84. The number of aromatic nitrogens is 1. The lowest BCUT2D eigenvalue weighted by Crippen LogP contribution is -2.72. The first kappa shape index (κ1) is 23.6. The molecule has 3 unspecified atom stereocenters. The van der Waals surface area contributed by atoms with Gasteiger partial charge in [0.2, 0.25) is 0 Å². The van der Waals surface area contributed by atoms with Crippen molar-refractivity contribution in [2.24, 2.45) is 17.3 Å². The van der Waals surface area contributed by atoms with Crippen LogP contribution in [0.15, 0.2) is 42.6 Å². The average Bonchev–Trinajstić information content (AvgIpc) is 3.39. The molecule has 192 valence electrons. The number of ether oxygens (including phenoxy) is 1. The summed E-state index contributed by atoms with van der Waals surface area (Å²) in [6, 6.07) is 10.7. The third-order valence-corrected chi connectivity index (χ3v) is 11.8. The zero-order valence-corrected chi connectivity index (χ0v) is 22.2. The summed E-state index contributed by atoms with van der Waals surface area (Å²) in [7, 11) is 3.97. The summed E-state index contributed by atoms with van der Waals surface area (Å²) in [5.41, 5.74) is 2.89. The Hall–Kier alpha value is -1.50. The van der Waals surface area contributed by atoms with E-state index in [1.54, 1.807) is 0 Å².